The molecule has 0 unspecified atom stereocenters. The molecule has 1 heterocycles. The highest BCUT2D eigenvalue weighted by molar-refractivity contribution is 5.78. The van der Waals surface area contributed by atoms with Crippen LogP contribution in [0.15, 0.2) is 24.3 Å². The molecular weight excluding hydrogens is 272 g/mol. The van der Waals surface area contributed by atoms with Gasteiger partial charge < -0.3 is 10.2 Å². The molecule has 3 nitrogen and oxygen atoms in total. The van der Waals surface area contributed by atoms with Gasteiger partial charge in [0.15, 0.2) is 0 Å². The first-order valence-electron chi connectivity index (χ1n) is 8.61. The van der Waals surface area contributed by atoms with Crippen LogP contribution >= 0.6 is 0 Å². The van der Waals surface area contributed by atoms with Crippen molar-refractivity contribution >= 4 is 5.91 Å². The van der Waals surface area contributed by atoms with Crippen molar-refractivity contribution in [2.75, 3.05) is 13.1 Å². The molecule has 1 amide bonds. The molecule has 2 rings (SSSR count). The first-order valence-corrected chi connectivity index (χ1v) is 8.61. The van der Waals surface area contributed by atoms with E-state index in [1.807, 2.05) is 18.7 Å². The molecule has 0 aliphatic carbocycles. The molecule has 1 aromatic rings. The second-order valence-corrected chi connectivity index (χ2v) is 6.86. The molecule has 3 heteroatoms. The second kappa shape index (κ2) is 7.77. The maximum absolute atomic E-state index is 12.1. The summed E-state index contributed by atoms with van der Waals surface area (Å²) in [5.74, 6) is 0.903. The van der Waals surface area contributed by atoms with Gasteiger partial charge in [0.25, 0.3) is 0 Å². The summed E-state index contributed by atoms with van der Waals surface area (Å²) in [6, 6.07) is 9.36. The van der Waals surface area contributed by atoms with Crippen LogP contribution in [0, 0.1) is 11.8 Å². The Hall–Kier alpha value is -1.35. The lowest BCUT2D eigenvalue weighted by Gasteiger charge is -2.38. The summed E-state index contributed by atoms with van der Waals surface area (Å²) in [5, 5.41) is 3.68. The smallest absolute Gasteiger partial charge is 0.225 e. The van der Waals surface area contributed by atoms with E-state index in [0.717, 1.165) is 32.5 Å². The number of hydrogen-bond acceptors (Lipinski definition) is 2. The van der Waals surface area contributed by atoms with Gasteiger partial charge in [0.05, 0.1) is 0 Å². The lowest BCUT2D eigenvalue weighted by molar-refractivity contribution is -0.136. The van der Waals surface area contributed by atoms with Gasteiger partial charge in [0, 0.05) is 31.6 Å². The summed E-state index contributed by atoms with van der Waals surface area (Å²) in [6.45, 7) is 11.1. The van der Waals surface area contributed by atoms with Crippen LogP contribution in [0.25, 0.3) is 0 Å². The number of nitrogens with one attached hydrogen (secondary N) is 1. The van der Waals surface area contributed by atoms with Gasteiger partial charge in [-0.2, -0.15) is 0 Å². The standard InChI is InChI=1S/C19H30N2O/c1-5-16-6-8-17(9-7-16)12-20-18-10-11-21(13-15(18)4)19(22)14(2)3/h6-9,14-15,18,20H,5,10-13H2,1-4H3/t15-,18-/m1/s1. The van der Waals surface area contributed by atoms with Crippen LogP contribution in [0.5, 0.6) is 0 Å². The van der Waals surface area contributed by atoms with Gasteiger partial charge in [-0.25, -0.2) is 0 Å². The number of hydrogen-bond donors (Lipinski definition) is 1. The van der Waals surface area contributed by atoms with Gasteiger partial charge in [-0.1, -0.05) is 52.0 Å². The van der Waals surface area contributed by atoms with E-state index in [0.29, 0.717) is 17.9 Å². The highest BCUT2D eigenvalue weighted by Gasteiger charge is 2.29. The highest BCUT2D eigenvalue weighted by atomic mass is 16.2. The van der Waals surface area contributed by atoms with Crippen LogP contribution in [-0.4, -0.2) is 29.9 Å². The Morgan fingerprint density at radius 2 is 1.91 bits per heavy atom. The maximum Gasteiger partial charge on any atom is 0.225 e. The van der Waals surface area contributed by atoms with Gasteiger partial charge in [0.1, 0.15) is 0 Å². The monoisotopic (exact) mass is 302 g/mol. The third kappa shape index (κ3) is 4.33. The Kier molecular flexibility index (Phi) is 6.01. The number of rotatable bonds is 5. The van der Waals surface area contributed by atoms with Crippen LogP contribution in [0.3, 0.4) is 0 Å². The van der Waals surface area contributed by atoms with Crippen molar-refractivity contribution in [1.29, 1.82) is 0 Å². The summed E-state index contributed by atoms with van der Waals surface area (Å²) in [6.07, 6.45) is 2.14. The number of nitrogens with zero attached hydrogens (tertiary/aromatic N) is 1. The molecule has 0 aromatic heterocycles. The Balaban J connectivity index is 1.83. The molecular formula is C19H30N2O. The third-order valence-electron chi connectivity index (χ3n) is 4.71. The number of benzene rings is 1. The molecule has 1 fully saturated rings. The lowest BCUT2D eigenvalue weighted by atomic mass is 9.92. The number of aryl methyl sites for hydroxylation is 1. The zero-order valence-electron chi connectivity index (χ0n) is 14.4. The van der Waals surface area contributed by atoms with Crippen LogP contribution in [0.2, 0.25) is 0 Å². The van der Waals surface area contributed by atoms with Crippen LogP contribution < -0.4 is 5.32 Å². The Labute approximate surface area is 135 Å². The van der Waals surface area contributed by atoms with Crippen molar-refractivity contribution in [3.63, 3.8) is 0 Å². The minimum Gasteiger partial charge on any atom is -0.342 e. The largest absolute Gasteiger partial charge is 0.342 e. The maximum atomic E-state index is 12.1. The van der Waals surface area contributed by atoms with Crippen LogP contribution in [0.1, 0.15) is 45.2 Å². The van der Waals surface area contributed by atoms with Crippen LogP contribution in [-0.2, 0) is 17.8 Å². The fourth-order valence-corrected chi connectivity index (χ4v) is 3.16. The zero-order valence-corrected chi connectivity index (χ0v) is 14.4. The number of piperidine rings is 1. The second-order valence-electron chi connectivity index (χ2n) is 6.86. The van der Waals surface area contributed by atoms with E-state index < -0.39 is 0 Å². The number of carbonyl (C=O) groups excluding carboxylic acids is 1. The molecule has 1 aromatic carbocycles. The van der Waals surface area contributed by atoms with E-state index in [4.69, 9.17) is 0 Å². The topological polar surface area (TPSA) is 32.3 Å². The van der Waals surface area contributed by atoms with Crippen LogP contribution in [0.4, 0.5) is 0 Å². The van der Waals surface area contributed by atoms with Gasteiger partial charge in [-0.3, -0.25) is 4.79 Å². The average molecular weight is 302 g/mol. The number of amides is 1. The zero-order chi connectivity index (χ0) is 16.1. The van der Waals surface area contributed by atoms with E-state index >= 15 is 0 Å². The third-order valence-corrected chi connectivity index (χ3v) is 4.71. The van der Waals surface area contributed by atoms with E-state index in [-0.39, 0.29) is 5.92 Å². The first-order chi connectivity index (χ1) is 10.5. The molecule has 0 spiro atoms. The molecule has 1 aliphatic heterocycles. The first kappa shape index (κ1) is 17.0. The number of likely N-dealkylation sites (tertiary alicyclic amines) is 1. The van der Waals surface area contributed by atoms with Gasteiger partial charge in [-0.05, 0) is 29.9 Å². The van der Waals surface area contributed by atoms with Gasteiger partial charge >= 0.3 is 0 Å². The molecule has 1 N–H and O–H groups in total. The van der Waals surface area contributed by atoms with Crippen molar-refractivity contribution in [3.8, 4) is 0 Å². The van der Waals surface area contributed by atoms with Crippen molar-refractivity contribution in [3.05, 3.63) is 35.4 Å². The summed E-state index contributed by atoms with van der Waals surface area (Å²) >= 11 is 0. The van der Waals surface area contributed by atoms with E-state index in [1.165, 1.54) is 11.1 Å². The molecule has 1 saturated heterocycles. The van der Waals surface area contributed by atoms with Gasteiger partial charge in [0.2, 0.25) is 5.91 Å². The minimum atomic E-state index is 0.105. The van der Waals surface area contributed by atoms with E-state index in [1.54, 1.807) is 0 Å². The fourth-order valence-electron chi connectivity index (χ4n) is 3.16. The van der Waals surface area contributed by atoms with E-state index in [9.17, 15) is 4.79 Å². The van der Waals surface area contributed by atoms with Crippen molar-refractivity contribution in [2.24, 2.45) is 11.8 Å². The molecule has 0 radical (unpaired) electrons. The molecule has 0 bridgehead atoms. The van der Waals surface area contributed by atoms with Crippen molar-refractivity contribution in [2.45, 2.75) is 53.1 Å². The predicted octanol–water partition coefficient (Wildman–Crippen LogP) is 3.23. The van der Waals surface area contributed by atoms with Crippen molar-refractivity contribution < 1.29 is 4.79 Å². The lowest BCUT2D eigenvalue weighted by Crippen LogP contribution is -2.50. The molecule has 1 aliphatic rings. The molecule has 22 heavy (non-hydrogen) atoms. The van der Waals surface area contributed by atoms with Crippen molar-refractivity contribution in [1.82, 2.24) is 10.2 Å². The molecule has 122 valence electrons. The molecule has 0 saturated carbocycles. The Bertz CT molecular complexity index is 481. The van der Waals surface area contributed by atoms with E-state index in [2.05, 4.69) is 43.4 Å². The minimum absolute atomic E-state index is 0.105. The predicted molar refractivity (Wildman–Crippen MR) is 91.6 cm³/mol. The summed E-state index contributed by atoms with van der Waals surface area (Å²) in [5.41, 5.74) is 2.72. The quantitative estimate of drug-likeness (QED) is 0.905. The normalized spacial score (nSPS) is 22.1. The SMILES string of the molecule is CCc1ccc(CN[C@@H]2CCN(C(=O)C(C)C)C[C@H]2C)cc1. The highest BCUT2D eigenvalue weighted by Crippen LogP contribution is 2.19. The molecule has 2 atom stereocenters. The fraction of sp³-hybridized carbons (Fsp3) is 0.632. The summed E-state index contributed by atoms with van der Waals surface area (Å²) in [7, 11) is 0. The summed E-state index contributed by atoms with van der Waals surface area (Å²) in [4.78, 5) is 14.1. The Morgan fingerprint density at radius 3 is 2.45 bits per heavy atom. The Morgan fingerprint density at radius 1 is 1.27 bits per heavy atom. The summed E-state index contributed by atoms with van der Waals surface area (Å²) < 4.78 is 0. The number of carbonyl (C=O) groups is 1. The van der Waals surface area contributed by atoms with Gasteiger partial charge in [-0.15, -0.1) is 0 Å². The average Bonchev–Trinajstić information content (AvgIpc) is 2.53.